The van der Waals surface area contributed by atoms with Crippen LogP contribution in [-0.4, -0.2) is 54.9 Å². The van der Waals surface area contributed by atoms with Gasteiger partial charge in [0.1, 0.15) is 5.75 Å². The number of aromatic hydroxyl groups is 1. The molecule has 0 radical (unpaired) electrons. The lowest BCUT2D eigenvalue weighted by atomic mass is 9.87. The van der Waals surface area contributed by atoms with Gasteiger partial charge in [0.15, 0.2) is 0 Å². The molecule has 1 fully saturated rings. The summed E-state index contributed by atoms with van der Waals surface area (Å²) in [4.78, 5) is 4.81. The summed E-state index contributed by atoms with van der Waals surface area (Å²) in [5.74, 6) is 0.259. The van der Waals surface area contributed by atoms with Gasteiger partial charge in [0, 0.05) is 38.5 Å². The summed E-state index contributed by atoms with van der Waals surface area (Å²) in [5.41, 5.74) is 6.97. The Balaban J connectivity index is 1.78. The zero-order chi connectivity index (χ0) is 22.3. The third kappa shape index (κ3) is 5.21. The van der Waals surface area contributed by atoms with Gasteiger partial charge in [-0.05, 0) is 72.0 Å². The van der Waals surface area contributed by atoms with Crippen LogP contribution in [0.15, 0.2) is 78.9 Å². The van der Waals surface area contributed by atoms with Gasteiger partial charge in [-0.1, -0.05) is 54.6 Å². The Bertz CT molecular complexity index is 1020. The predicted octanol–water partition coefficient (Wildman–Crippen LogP) is 4.88. The minimum atomic E-state index is 0.154. The maximum absolute atomic E-state index is 9.85. The third-order valence-corrected chi connectivity index (χ3v) is 6.19. The van der Waals surface area contributed by atoms with E-state index in [9.17, 15) is 10.2 Å². The molecule has 2 N–H and O–H groups in total. The van der Waals surface area contributed by atoms with Gasteiger partial charge in [-0.15, -0.1) is 0 Å². The highest BCUT2D eigenvalue weighted by molar-refractivity contribution is 5.98. The van der Waals surface area contributed by atoms with Gasteiger partial charge >= 0.3 is 0 Å². The highest BCUT2D eigenvalue weighted by Gasteiger charge is 2.17. The van der Waals surface area contributed by atoms with Crippen LogP contribution in [0.4, 0.5) is 5.69 Å². The second kappa shape index (κ2) is 10.5. The van der Waals surface area contributed by atoms with Crippen LogP contribution < -0.4 is 4.90 Å². The molecule has 0 atom stereocenters. The molecule has 1 aliphatic rings. The molecule has 166 valence electrons. The number of benzene rings is 3. The first-order valence-corrected chi connectivity index (χ1v) is 11.4. The van der Waals surface area contributed by atoms with E-state index in [0.717, 1.165) is 54.9 Å². The molecular formula is C28H32N2O2. The molecule has 4 nitrogen and oxygen atoms in total. The fourth-order valence-electron chi connectivity index (χ4n) is 4.36. The summed E-state index contributed by atoms with van der Waals surface area (Å²) in [7, 11) is 2.17. The minimum Gasteiger partial charge on any atom is -0.508 e. The molecule has 3 aromatic rings. The Morgan fingerprint density at radius 2 is 1.34 bits per heavy atom. The van der Waals surface area contributed by atoms with Crippen molar-refractivity contribution in [1.82, 2.24) is 4.90 Å². The number of phenolic OH excluding ortho intramolecular Hbond substituents is 1. The van der Waals surface area contributed by atoms with Crippen LogP contribution in [0.25, 0.3) is 11.1 Å². The quantitative estimate of drug-likeness (QED) is 0.527. The number of hydrogen-bond acceptors (Lipinski definition) is 4. The van der Waals surface area contributed by atoms with Gasteiger partial charge in [-0.25, -0.2) is 0 Å². The van der Waals surface area contributed by atoms with E-state index in [1.807, 2.05) is 18.2 Å². The first-order valence-electron chi connectivity index (χ1n) is 11.4. The molecule has 4 rings (SSSR count). The molecule has 0 bridgehead atoms. The van der Waals surface area contributed by atoms with Crippen molar-refractivity contribution in [3.05, 3.63) is 95.6 Å². The van der Waals surface area contributed by atoms with Crippen LogP contribution in [0.1, 0.15) is 29.5 Å². The Morgan fingerprint density at radius 1 is 0.750 bits per heavy atom. The zero-order valence-electron chi connectivity index (χ0n) is 18.7. The third-order valence-electron chi connectivity index (χ3n) is 6.19. The topological polar surface area (TPSA) is 46.9 Å². The van der Waals surface area contributed by atoms with E-state index in [0.29, 0.717) is 6.42 Å². The summed E-state index contributed by atoms with van der Waals surface area (Å²) in [5, 5.41) is 19.4. The second-order valence-corrected chi connectivity index (χ2v) is 8.43. The molecule has 0 aliphatic carbocycles. The van der Waals surface area contributed by atoms with Gasteiger partial charge in [0.25, 0.3) is 0 Å². The second-order valence-electron chi connectivity index (χ2n) is 8.43. The summed E-state index contributed by atoms with van der Waals surface area (Å²) >= 11 is 0. The average molecular weight is 429 g/mol. The maximum atomic E-state index is 9.85. The number of hydrogen-bond donors (Lipinski definition) is 2. The van der Waals surface area contributed by atoms with E-state index < -0.39 is 0 Å². The van der Waals surface area contributed by atoms with Crippen molar-refractivity contribution >= 4 is 16.8 Å². The molecule has 1 heterocycles. The van der Waals surface area contributed by atoms with Crippen LogP contribution in [0.5, 0.6) is 5.75 Å². The van der Waals surface area contributed by atoms with Crippen molar-refractivity contribution in [3.63, 3.8) is 0 Å². The van der Waals surface area contributed by atoms with Crippen molar-refractivity contribution in [2.75, 3.05) is 44.7 Å². The number of nitrogens with zero attached hydrogens (tertiary/aromatic N) is 2. The maximum Gasteiger partial charge on any atom is 0.115 e. The van der Waals surface area contributed by atoms with E-state index in [-0.39, 0.29) is 12.4 Å². The number of phenols is 1. The summed E-state index contributed by atoms with van der Waals surface area (Å²) in [6, 6.07) is 26.7. The number of allylic oxidation sites excluding steroid dienone is 1. The van der Waals surface area contributed by atoms with Gasteiger partial charge in [0.05, 0.1) is 0 Å². The molecule has 0 spiro atoms. The summed E-state index contributed by atoms with van der Waals surface area (Å²) in [6.07, 6.45) is 1.47. The molecule has 0 saturated carbocycles. The number of likely N-dealkylation sites (N-methyl/N-ethyl adjacent to an activating group) is 1. The van der Waals surface area contributed by atoms with E-state index in [1.165, 1.54) is 11.3 Å². The smallest absolute Gasteiger partial charge is 0.115 e. The molecule has 1 aliphatic heterocycles. The van der Waals surface area contributed by atoms with E-state index in [4.69, 9.17) is 0 Å². The Hall–Kier alpha value is -3.08. The molecule has 1 saturated heterocycles. The van der Waals surface area contributed by atoms with Gasteiger partial charge < -0.3 is 20.0 Å². The first kappa shape index (κ1) is 22.1. The fraction of sp³-hybridized carbons (Fsp3) is 0.286. The average Bonchev–Trinajstić information content (AvgIpc) is 2.84. The highest BCUT2D eigenvalue weighted by atomic mass is 16.3. The molecule has 3 aromatic carbocycles. The Labute approximate surface area is 191 Å². The Morgan fingerprint density at radius 3 is 1.94 bits per heavy atom. The van der Waals surface area contributed by atoms with Crippen LogP contribution in [0, 0.1) is 0 Å². The number of anilines is 1. The standard InChI is InChI=1S/C28H32N2O2/c1-29-17-19-30(20-18-29)25-13-9-23(10-14-25)28(24-11-15-26(32)16-12-24)27(8-5-21-31)22-6-3-2-4-7-22/h2-4,6-7,9-16,31-32H,5,8,17-21H2,1H3/b28-27+. The van der Waals surface area contributed by atoms with Gasteiger partial charge in [-0.3, -0.25) is 0 Å². The molecule has 4 heteroatoms. The molecule has 0 unspecified atom stereocenters. The van der Waals surface area contributed by atoms with E-state index >= 15 is 0 Å². The van der Waals surface area contributed by atoms with Crippen molar-refractivity contribution in [2.45, 2.75) is 12.8 Å². The van der Waals surface area contributed by atoms with Gasteiger partial charge in [-0.2, -0.15) is 0 Å². The van der Waals surface area contributed by atoms with E-state index in [1.54, 1.807) is 12.1 Å². The fourth-order valence-corrected chi connectivity index (χ4v) is 4.36. The number of piperazine rings is 1. The zero-order valence-corrected chi connectivity index (χ0v) is 18.7. The lowest BCUT2D eigenvalue weighted by molar-refractivity contribution is 0.290. The molecular weight excluding hydrogens is 396 g/mol. The van der Waals surface area contributed by atoms with Crippen LogP contribution in [-0.2, 0) is 0 Å². The number of rotatable bonds is 7. The van der Waals surface area contributed by atoms with Crippen LogP contribution >= 0.6 is 0 Å². The predicted molar refractivity (Wildman–Crippen MR) is 133 cm³/mol. The van der Waals surface area contributed by atoms with Crippen molar-refractivity contribution in [2.24, 2.45) is 0 Å². The van der Waals surface area contributed by atoms with Crippen LogP contribution in [0.3, 0.4) is 0 Å². The van der Waals surface area contributed by atoms with Crippen molar-refractivity contribution in [3.8, 4) is 5.75 Å². The number of aliphatic hydroxyl groups is 1. The van der Waals surface area contributed by atoms with Crippen molar-refractivity contribution < 1.29 is 10.2 Å². The first-order chi connectivity index (χ1) is 15.7. The number of aliphatic hydroxyl groups excluding tert-OH is 1. The van der Waals surface area contributed by atoms with Gasteiger partial charge in [0.2, 0.25) is 0 Å². The SMILES string of the molecule is CN1CCN(c2ccc(/C(=C(/CCCO)c3ccccc3)c3ccc(O)cc3)cc2)CC1. The van der Waals surface area contributed by atoms with Crippen molar-refractivity contribution in [1.29, 1.82) is 0 Å². The largest absolute Gasteiger partial charge is 0.508 e. The monoisotopic (exact) mass is 428 g/mol. The summed E-state index contributed by atoms with van der Waals surface area (Å²) < 4.78 is 0. The molecule has 32 heavy (non-hydrogen) atoms. The molecule has 0 amide bonds. The normalized spacial score (nSPS) is 15.5. The Kier molecular flexibility index (Phi) is 7.25. The summed E-state index contributed by atoms with van der Waals surface area (Å²) in [6.45, 7) is 4.41. The lowest BCUT2D eigenvalue weighted by Crippen LogP contribution is -2.44. The lowest BCUT2D eigenvalue weighted by Gasteiger charge is -2.34. The minimum absolute atomic E-state index is 0.154. The van der Waals surface area contributed by atoms with E-state index in [2.05, 4.69) is 65.4 Å². The highest BCUT2D eigenvalue weighted by Crippen LogP contribution is 2.36. The van der Waals surface area contributed by atoms with Crippen LogP contribution in [0.2, 0.25) is 0 Å². The molecule has 0 aromatic heterocycles.